The Balaban J connectivity index is 1.59. The predicted octanol–water partition coefficient (Wildman–Crippen LogP) is 3.99. The SMILES string of the molecule is CC(C)(C)OC(=O)N[C@H]1CC[C@@H](C(=O)N2OCC[C@H]2c2cc(F)cc(C#N)c2)CC1. The molecule has 1 atom stereocenters. The highest BCUT2D eigenvalue weighted by atomic mass is 19.1. The topological polar surface area (TPSA) is 91.7 Å². The number of carbonyl (C=O) groups excluding carboxylic acids is 2. The molecule has 0 aromatic heterocycles. The number of benzene rings is 1. The van der Waals surface area contributed by atoms with Gasteiger partial charge in [-0.1, -0.05) is 0 Å². The Bertz CT molecular complexity index is 838. The zero-order valence-electron chi connectivity index (χ0n) is 17.6. The summed E-state index contributed by atoms with van der Waals surface area (Å²) in [4.78, 5) is 30.6. The number of hydroxylamine groups is 2. The van der Waals surface area contributed by atoms with Gasteiger partial charge in [-0.15, -0.1) is 0 Å². The number of alkyl carbamates (subject to hydrolysis) is 1. The van der Waals surface area contributed by atoms with E-state index in [0.717, 1.165) is 0 Å². The zero-order chi connectivity index (χ0) is 21.9. The molecule has 0 unspecified atom stereocenters. The van der Waals surface area contributed by atoms with Crippen molar-refractivity contribution in [1.82, 2.24) is 10.4 Å². The normalized spacial score (nSPS) is 24.2. The number of hydrogen-bond acceptors (Lipinski definition) is 5. The smallest absolute Gasteiger partial charge is 0.407 e. The second-order valence-electron chi connectivity index (χ2n) is 8.88. The van der Waals surface area contributed by atoms with Crippen molar-refractivity contribution in [2.75, 3.05) is 6.61 Å². The van der Waals surface area contributed by atoms with Crippen LogP contribution in [0.2, 0.25) is 0 Å². The minimum atomic E-state index is -0.554. The Morgan fingerprint density at radius 2 is 1.90 bits per heavy atom. The molecular weight excluding hydrogens is 389 g/mol. The van der Waals surface area contributed by atoms with E-state index in [2.05, 4.69) is 5.32 Å². The van der Waals surface area contributed by atoms with Crippen molar-refractivity contribution >= 4 is 12.0 Å². The van der Waals surface area contributed by atoms with E-state index in [1.165, 1.54) is 17.2 Å². The van der Waals surface area contributed by atoms with E-state index < -0.39 is 23.6 Å². The molecule has 1 saturated heterocycles. The van der Waals surface area contributed by atoms with E-state index in [1.54, 1.807) is 6.07 Å². The van der Waals surface area contributed by atoms with Gasteiger partial charge in [0.15, 0.2) is 0 Å². The number of nitriles is 1. The number of carbonyl (C=O) groups is 2. The van der Waals surface area contributed by atoms with Crippen LogP contribution in [-0.4, -0.2) is 35.3 Å². The minimum Gasteiger partial charge on any atom is -0.444 e. The third kappa shape index (κ3) is 5.48. The van der Waals surface area contributed by atoms with E-state index in [9.17, 15) is 14.0 Å². The fraction of sp³-hybridized carbons (Fsp3) is 0.591. The third-order valence-corrected chi connectivity index (χ3v) is 5.35. The van der Waals surface area contributed by atoms with E-state index >= 15 is 0 Å². The summed E-state index contributed by atoms with van der Waals surface area (Å²) in [7, 11) is 0. The minimum absolute atomic E-state index is 0.0272. The average Bonchev–Trinajstić information content (AvgIpc) is 3.16. The van der Waals surface area contributed by atoms with Gasteiger partial charge in [0, 0.05) is 18.4 Å². The number of ether oxygens (including phenoxy) is 1. The second kappa shape index (κ2) is 9.00. The van der Waals surface area contributed by atoms with Crippen molar-refractivity contribution in [3.8, 4) is 6.07 Å². The van der Waals surface area contributed by atoms with Gasteiger partial charge in [-0.3, -0.25) is 9.63 Å². The average molecular weight is 417 g/mol. The molecule has 1 aromatic rings. The maximum atomic E-state index is 13.9. The lowest BCUT2D eigenvalue weighted by Gasteiger charge is -2.32. The van der Waals surface area contributed by atoms with Crippen molar-refractivity contribution in [3.05, 3.63) is 35.1 Å². The molecule has 30 heavy (non-hydrogen) atoms. The molecule has 2 amide bonds. The van der Waals surface area contributed by atoms with Gasteiger partial charge < -0.3 is 10.1 Å². The molecule has 1 saturated carbocycles. The number of nitrogens with zero attached hydrogens (tertiary/aromatic N) is 2. The summed E-state index contributed by atoms with van der Waals surface area (Å²) in [6.07, 6.45) is 2.70. The highest BCUT2D eigenvalue weighted by molar-refractivity contribution is 5.78. The largest absolute Gasteiger partial charge is 0.444 e. The van der Waals surface area contributed by atoms with Crippen LogP contribution in [0.4, 0.5) is 9.18 Å². The first-order valence-corrected chi connectivity index (χ1v) is 10.3. The van der Waals surface area contributed by atoms with E-state index in [0.29, 0.717) is 44.3 Å². The molecule has 1 aliphatic heterocycles. The molecule has 3 rings (SSSR count). The van der Waals surface area contributed by atoms with E-state index in [4.69, 9.17) is 14.8 Å². The van der Waals surface area contributed by atoms with Crippen LogP contribution in [0.3, 0.4) is 0 Å². The Kier molecular flexibility index (Phi) is 6.61. The molecule has 8 heteroatoms. The van der Waals surface area contributed by atoms with Gasteiger partial charge >= 0.3 is 6.09 Å². The van der Waals surface area contributed by atoms with Crippen LogP contribution >= 0.6 is 0 Å². The number of halogens is 1. The molecular formula is C22H28FN3O4. The summed E-state index contributed by atoms with van der Waals surface area (Å²) >= 11 is 0. The first kappa shape index (κ1) is 22.0. The monoisotopic (exact) mass is 417 g/mol. The summed E-state index contributed by atoms with van der Waals surface area (Å²) in [5.41, 5.74) is 0.234. The van der Waals surface area contributed by atoms with Crippen molar-refractivity contribution in [2.45, 2.75) is 70.6 Å². The highest BCUT2D eigenvalue weighted by Gasteiger charge is 2.38. The highest BCUT2D eigenvalue weighted by Crippen LogP contribution is 2.35. The molecule has 0 spiro atoms. The van der Waals surface area contributed by atoms with Crippen LogP contribution in [-0.2, 0) is 14.4 Å². The lowest BCUT2D eigenvalue weighted by Crippen LogP contribution is -2.43. The molecule has 0 bridgehead atoms. The Morgan fingerprint density at radius 3 is 2.53 bits per heavy atom. The first-order chi connectivity index (χ1) is 14.2. The quantitative estimate of drug-likeness (QED) is 0.803. The molecule has 162 valence electrons. The summed E-state index contributed by atoms with van der Waals surface area (Å²) in [5, 5.41) is 13.3. The van der Waals surface area contributed by atoms with E-state index in [-0.39, 0.29) is 23.4 Å². The van der Waals surface area contributed by atoms with Gasteiger partial charge in [0.2, 0.25) is 5.91 Å². The predicted molar refractivity (Wildman–Crippen MR) is 106 cm³/mol. The summed E-state index contributed by atoms with van der Waals surface area (Å²) in [6, 6.07) is 5.63. The van der Waals surface area contributed by atoms with Crippen molar-refractivity contribution in [1.29, 1.82) is 5.26 Å². The van der Waals surface area contributed by atoms with Crippen LogP contribution in [0.5, 0.6) is 0 Å². The number of hydrogen-bond donors (Lipinski definition) is 1. The second-order valence-corrected chi connectivity index (χ2v) is 8.88. The number of nitrogens with one attached hydrogen (secondary N) is 1. The molecule has 7 nitrogen and oxygen atoms in total. The van der Waals surface area contributed by atoms with Gasteiger partial charge in [-0.25, -0.2) is 14.2 Å². The summed E-state index contributed by atoms with van der Waals surface area (Å²) in [6.45, 7) is 5.80. The van der Waals surface area contributed by atoms with Gasteiger partial charge in [-0.2, -0.15) is 5.26 Å². The van der Waals surface area contributed by atoms with Crippen molar-refractivity contribution in [2.24, 2.45) is 5.92 Å². The lowest BCUT2D eigenvalue weighted by molar-refractivity contribution is -0.183. The molecule has 1 aromatic carbocycles. The number of amides is 2. The summed E-state index contributed by atoms with van der Waals surface area (Å²) < 4.78 is 19.1. The van der Waals surface area contributed by atoms with Crippen LogP contribution in [0, 0.1) is 23.1 Å². The van der Waals surface area contributed by atoms with Gasteiger partial charge in [0.1, 0.15) is 11.4 Å². The Hall–Kier alpha value is -2.66. The molecule has 1 N–H and O–H groups in total. The van der Waals surface area contributed by atoms with Crippen LogP contribution in [0.25, 0.3) is 0 Å². The van der Waals surface area contributed by atoms with Gasteiger partial charge in [0.05, 0.1) is 24.3 Å². The van der Waals surface area contributed by atoms with Crippen LogP contribution in [0.15, 0.2) is 18.2 Å². The lowest BCUT2D eigenvalue weighted by atomic mass is 9.85. The van der Waals surface area contributed by atoms with Crippen molar-refractivity contribution in [3.63, 3.8) is 0 Å². The van der Waals surface area contributed by atoms with Gasteiger partial charge in [-0.05, 0) is 70.2 Å². The molecule has 2 fully saturated rings. The Morgan fingerprint density at radius 1 is 1.20 bits per heavy atom. The standard InChI is InChI=1S/C22H28FN3O4/c1-22(2,3)30-21(28)25-18-6-4-15(5-7-18)20(27)26-19(8-9-29-26)16-10-14(13-24)11-17(23)12-16/h10-12,15,18-19H,4-9H2,1-3H3,(H,25,28)/t15-,18+,19-/m0/s1. The first-order valence-electron chi connectivity index (χ1n) is 10.3. The van der Waals surface area contributed by atoms with E-state index in [1.807, 2.05) is 26.8 Å². The third-order valence-electron chi connectivity index (χ3n) is 5.35. The fourth-order valence-electron chi connectivity index (χ4n) is 4.00. The molecule has 2 aliphatic rings. The Labute approximate surface area is 176 Å². The number of rotatable bonds is 3. The van der Waals surface area contributed by atoms with Crippen LogP contribution in [0.1, 0.15) is 70.0 Å². The zero-order valence-corrected chi connectivity index (χ0v) is 17.6. The fourth-order valence-corrected chi connectivity index (χ4v) is 4.00. The van der Waals surface area contributed by atoms with Gasteiger partial charge in [0.25, 0.3) is 0 Å². The maximum Gasteiger partial charge on any atom is 0.407 e. The van der Waals surface area contributed by atoms with Crippen LogP contribution < -0.4 is 5.32 Å². The maximum absolute atomic E-state index is 13.9. The molecule has 0 radical (unpaired) electrons. The molecule has 1 aliphatic carbocycles. The molecule has 1 heterocycles. The van der Waals surface area contributed by atoms with Crippen molar-refractivity contribution < 1.29 is 23.6 Å². The summed E-state index contributed by atoms with van der Waals surface area (Å²) in [5.74, 6) is -0.848.